The summed E-state index contributed by atoms with van der Waals surface area (Å²) in [6.07, 6.45) is 0. The van der Waals surface area contributed by atoms with Gasteiger partial charge in [0.25, 0.3) is 0 Å². The summed E-state index contributed by atoms with van der Waals surface area (Å²) in [4.78, 5) is 14.5. The molecule has 4 aromatic carbocycles. The molecule has 0 bridgehead atoms. The zero-order valence-corrected chi connectivity index (χ0v) is 21.5. The van der Waals surface area contributed by atoms with Crippen LogP contribution in [0.4, 0.5) is 0 Å². The van der Waals surface area contributed by atoms with E-state index in [0.29, 0.717) is 17.5 Å². The van der Waals surface area contributed by atoms with Gasteiger partial charge in [-0.25, -0.2) is 15.0 Å². The highest BCUT2D eigenvalue weighted by atomic mass is 16.7. The molecule has 0 aliphatic carbocycles. The Kier molecular flexibility index (Phi) is 5.66. The monoisotopic (exact) mass is 485 g/mol. The van der Waals surface area contributed by atoms with Gasteiger partial charge >= 0.3 is 7.12 Å². The van der Waals surface area contributed by atoms with Crippen LogP contribution in [0.3, 0.4) is 0 Å². The summed E-state index contributed by atoms with van der Waals surface area (Å²) in [7, 11) is -0.425. The van der Waals surface area contributed by atoms with E-state index in [9.17, 15) is 0 Å². The van der Waals surface area contributed by atoms with Crippen molar-refractivity contribution in [2.75, 3.05) is 0 Å². The van der Waals surface area contributed by atoms with Crippen LogP contribution >= 0.6 is 0 Å². The fourth-order valence-corrected chi connectivity index (χ4v) is 4.56. The first-order valence-electron chi connectivity index (χ1n) is 12.6. The minimum Gasteiger partial charge on any atom is -0.399 e. The number of hydrogen-bond acceptors (Lipinski definition) is 5. The highest BCUT2D eigenvalue weighted by Gasteiger charge is 2.52. The molecule has 5 aromatic rings. The Morgan fingerprint density at radius 3 is 1.59 bits per heavy atom. The summed E-state index contributed by atoms with van der Waals surface area (Å²) in [5.41, 5.74) is 3.06. The maximum Gasteiger partial charge on any atom is 0.495 e. The quantitative estimate of drug-likeness (QED) is 0.279. The second kappa shape index (κ2) is 8.91. The van der Waals surface area contributed by atoms with Gasteiger partial charge in [0.05, 0.1) is 11.2 Å². The van der Waals surface area contributed by atoms with Crippen LogP contribution in [-0.4, -0.2) is 33.3 Å². The van der Waals surface area contributed by atoms with Crippen LogP contribution in [0.2, 0.25) is 0 Å². The van der Waals surface area contributed by atoms with Gasteiger partial charge in [-0.3, -0.25) is 0 Å². The van der Waals surface area contributed by atoms with Gasteiger partial charge in [0.1, 0.15) is 0 Å². The topological polar surface area (TPSA) is 57.1 Å². The van der Waals surface area contributed by atoms with Gasteiger partial charge in [-0.05, 0) is 50.0 Å². The Morgan fingerprint density at radius 2 is 1.05 bits per heavy atom. The molecule has 1 aliphatic heterocycles. The van der Waals surface area contributed by atoms with E-state index in [2.05, 4.69) is 58.0 Å². The van der Waals surface area contributed by atoms with Crippen LogP contribution in [0, 0.1) is 0 Å². The van der Waals surface area contributed by atoms with Crippen molar-refractivity contribution in [2.45, 2.75) is 38.9 Å². The largest absolute Gasteiger partial charge is 0.495 e. The van der Waals surface area contributed by atoms with Crippen LogP contribution in [0.15, 0.2) is 97.1 Å². The molecule has 5 nitrogen and oxygen atoms in total. The normalized spacial score (nSPS) is 16.3. The summed E-state index contributed by atoms with van der Waals surface area (Å²) < 4.78 is 12.7. The predicted octanol–water partition coefficient (Wildman–Crippen LogP) is 6.33. The molecule has 1 aromatic heterocycles. The molecule has 0 N–H and O–H groups in total. The van der Waals surface area contributed by atoms with Crippen LogP contribution < -0.4 is 5.46 Å². The molecule has 182 valence electrons. The van der Waals surface area contributed by atoms with Crippen LogP contribution in [0.1, 0.15) is 27.7 Å². The van der Waals surface area contributed by atoms with Gasteiger partial charge in [-0.1, -0.05) is 91.0 Å². The molecule has 1 saturated heterocycles. The van der Waals surface area contributed by atoms with Crippen molar-refractivity contribution >= 4 is 23.4 Å². The van der Waals surface area contributed by atoms with E-state index >= 15 is 0 Å². The summed E-state index contributed by atoms with van der Waals surface area (Å²) in [5.74, 6) is 1.93. The van der Waals surface area contributed by atoms with E-state index in [4.69, 9.17) is 24.3 Å². The Balaban J connectivity index is 1.45. The van der Waals surface area contributed by atoms with Gasteiger partial charge < -0.3 is 9.31 Å². The molecule has 0 amide bonds. The van der Waals surface area contributed by atoms with Crippen LogP contribution in [0.5, 0.6) is 0 Å². The molecule has 2 heterocycles. The zero-order valence-electron chi connectivity index (χ0n) is 21.5. The Morgan fingerprint density at radius 1 is 0.541 bits per heavy atom. The Labute approximate surface area is 217 Å². The molecule has 6 rings (SSSR count). The third-order valence-electron chi connectivity index (χ3n) is 7.38. The summed E-state index contributed by atoms with van der Waals surface area (Å²) in [5, 5.41) is 2.16. The van der Waals surface area contributed by atoms with Crippen molar-refractivity contribution in [3.8, 4) is 34.2 Å². The van der Waals surface area contributed by atoms with E-state index in [1.165, 1.54) is 0 Å². The van der Waals surface area contributed by atoms with Crippen molar-refractivity contribution in [3.63, 3.8) is 0 Å². The Bertz CT molecular complexity index is 1510. The number of benzene rings is 4. The summed E-state index contributed by atoms with van der Waals surface area (Å²) in [6, 6.07) is 32.6. The summed E-state index contributed by atoms with van der Waals surface area (Å²) in [6.45, 7) is 8.30. The SMILES string of the molecule is CC1(C)OB(c2cccc3cc(-c4nc(-c5ccccc5)nc(-c5ccccc5)n4)ccc23)OC1(C)C. The maximum atomic E-state index is 6.35. The molecule has 1 fully saturated rings. The van der Waals surface area contributed by atoms with E-state index in [1.807, 2.05) is 66.7 Å². The summed E-state index contributed by atoms with van der Waals surface area (Å²) >= 11 is 0. The first-order valence-corrected chi connectivity index (χ1v) is 12.6. The number of aromatic nitrogens is 3. The lowest BCUT2D eigenvalue weighted by Gasteiger charge is -2.32. The number of fused-ring (bicyclic) bond motifs is 1. The molecule has 1 aliphatic rings. The first-order chi connectivity index (χ1) is 17.8. The predicted molar refractivity (Wildman–Crippen MR) is 149 cm³/mol. The molecule has 6 heteroatoms. The molecule has 0 unspecified atom stereocenters. The average molecular weight is 485 g/mol. The minimum atomic E-state index is -0.425. The number of hydrogen-bond donors (Lipinski definition) is 0. The van der Waals surface area contributed by atoms with E-state index in [0.717, 1.165) is 32.9 Å². The van der Waals surface area contributed by atoms with Crippen LogP contribution in [-0.2, 0) is 9.31 Å². The highest BCUT2D eigenvalue weighted by Crippen LogP contribution is 2.37. The molecule has 0 radical (unpaired) electrons. The van der Waals surface area contributed by atoms with Gasteiger partial charge in [-0.2, -0.15) is 0 Å². The minimum absolute atomic E-state index is 0.396. The fraction of sp³-hybridized carbons (Fsp3) is 0.194. The van der Waals surface area contributed by atoms with Crippen molar-refractivity contribution in [3.05, 3.63) is 97.1 Å². The third kappa shape index (κ3) is 4.33. The van der Waals surface area contributed by atoms with E-state index in [1.54, 1.807) is 0 Å². The smallest absolute Gasteiger partial charge is 0.399 e. The average Bonchev–Trinajstić information content (AvgIpc) is 3.15. The van der Waals surface area contributed by atoms with Crippen molar-refractivity contribution in [2.24, 2.45) is 0 Å². The molecule has 0 spiro atoms. The van der Waals surface area contributed by atoms with Crippen LogP contribution in [0.25, 0.3) is 44.9 Å². The standard InChI is InChI=1S/C31H28BN3O2/c1-30(2)31(3,4)37-32(36-30)26-17-11-16-23-20-24(18-19-25(23)26)29-34-27(21-12-7-5-8-13-21)33-28(35-29)22-14-9-6-10-15-22/h5-20H,1-4H3. The molecular weight excluding hydrogens is 457 g/mol. The second-order valence-electron chi connectivity index (χ2n) is 10.4. The third-order valence-corrected chi connectivity index (χ3v) is 7.38. The van der Waals surface area contributed by atoms with Crippen molar-refractivity contribution in [1.29, 1.82) is 0 Å². The van der Waals surface area contributed by atoms with E-state index in [-0.39, 0.29) is 0 Å². The maximum absolute atomic E-state index is 6.35. The zero-order chi connectivity index (χ0) is 25.6. The highest BCUT2D eigenvalue weighted by molar-refractivity contribution is 6.65. The van der Waals surface area contributed by atoms with Gasteiger partial charge in [-0.15, -0.1) is 0 Å². The molecule has 0 atom stereocenters. The van der Waals surface area contributed by atoms with Gasteiger partial charge in [0.2, 0.25) is 0 Å². The van der Waals surface area contributed by atoms with Gasteiger partial charge in [0, 0.05) is 16.7 Å². The van der Waals surface area contributed by atoms with E-state index < -0.39 is 18.3 Å². The second-order valence-corrected chi connectivity index (χ2v) is 10.4. The molecule has 0 saturated carbocycles. The van der Waals surface area contributed by atoms with Crippen molar-refractivity contribution < 1.29 is 9.31 Å². The number of nitrogens with zero attached hydrogens (tertiary/aromatic N) is 3. The molecule has 37 heavy (non-hydrogen) atoms. The lowest BCUT2D eigenvalue weighted by atomic mass is 9.76. The Hall–Kier alpha value is -3.87. The number of rotatable bonds is 4. The lowest BCUT2D eigenvalue weighted by Crippen LogP contribution is -2.41. The lowest BCUT2D eigenvalue weighted by molar-refractivity contribution is 0.00578. The van der Waals surface area contributed by atoms with Crippen molar-refractivity contribution in [1.82, 2.24) is 15.0 Å². The fourth-order valence-electron chi connectivity index (χ4n) is 4.56. The molecular formula is C31H28BN3O2. The van der Waals surface area contributed by atoms with Gasteiger partial charge in [0.15, 0.2) is 17.5 Å². The first kappa shape index (κ1) is 23.5.